The summed E-state index contributed by atoms with van der Waals surface area (Å²) in [5, 5.41) is 15.4. The minimum atomic E-state index is -3.63. The number of amides is 1. The third kappa shape index (κ3) is 4.80. The highest BCUT2D eigenvalue weighted by Gasteiger charge is 2.28. The van der Waals surface area contributed by atoms with Crippen molar-refractivity contribution in [3.8, 4) is 11.4 Å². The number of anilines is 1. The maximum absolute atomic E-state index is 13.1. The molecule has 0 aliphatic heterocycles. The van der Waals surface area contributed by atoms with E-state index >= 15 is 0 Å². The van der Waals surface area contributed by atoms with Crippen LogP contribution in [-0.2, 0) is 14.8 Å². The first kappa shape index (κ1) is 22.6. The Hall–Kier alpha value is -3.11. The van der Waals surface area contributed by atoms with Crippen LogP contribution in [0.1, 0.15) is 25.5 Å². The molecule has 3 rings (SSSR count). The van der Waals surface area contributed by atoms with Crippen molar-refractivity contribution in [2.75, 3.05) is 19.4 Å². The van der Waals surface area contributed by atoms with Crippen LogP contribution in [-0.4, -0.2) is 52.9 Å². The van der Waals surface area contributed by atoms with Gasteiger partial charge in [0.05, 0.1) is 4.90 Å². The first-order valence-electron chi connectivity index (χ1n) is 9.80. The van der Waals surface area contributed by atoms with Gasteiger partial charge in [0.15, 0.2) is 6.04 Å². The molecule has 10 heteroatoms. The highest BCUT2D eigenvalue weighted by molar-refractivity contribution is 7.89. The summed E-state index contributed by atoms with van der Waals surface area (Å²) in [6.45, 7) is 5.57. The average molecular weight is 443 g/mol. The Bertz CT molecular complexity index is 1170. The Balaban J connectivity index is 1.90. The van der Waals surface area contributed by atoms with Gasteiger partial charge in [0.1, 0.15) is 0 Å². The Morgan fingerprint density at radius 1 is 1.10 bits per heavy atom. The molecule has 1 amide bonds. The highest BCUT2D eigenvalue weighted by Crippen LogP contribution is 2.25. The van der Waals surface area contributed by atoms with Crippen LogP contribution in [0.3, 0.4) is 0 Å². The van der Waals surface area contributed by atoms with E-state index in [2.05, 4.69) is 20.7 Å². The number of nitrogens with one attached hydrogen (secondary N) is 1. The van der Waals surface area contributed by atoms with Crippen LogP contribution in [0.4, 0.5) is 5.69 Å². The van der Waals surface area contributed by atoms with Gasteiger partial charge in [0.25, 0.3) is 5.91 Å². The lowest BCUT2D eigenvalue weighted by molar-refractivity contribution is -0.121. The molecule has 1 heterocycles. The molecule has 0 spiro atoms. The van der Waals surface area contributed by atoms with Gasteiger partial charge in [0.2, 0.25) is 15.8 Å². The van der Waals surface area contributed by atoms with E-state index in [0.29, 0.717) is 11.5 Å². The van der Waals surface area contributed by atoms with Gasteiger partial charge in [-0.15, -0.1) is 10.2 Å². The van der Waals surface area contributed by atoms with E-state index < -0.39 is 16.1 Å². The number of carbonyl (C=O) groups excluding carboxylic acids is 1. The third-order valence-electron chi connectivity index (χ3n) is 4.85. The summed E-state index contributed by atoms with van der Waals surface area (Å²) in [5.41, 5.74) is 1.96. The van der Waals surface area contributed by atoms with Gasteiger partial charge >= 0.3 is 0 Å². The van der Waals surface area contributed by atoms with Crippen molar-refractivity contribution in [2.45, 2.75) is 31.7 Å². The van der Waals surface area contributed by atoms with Crippen LogP contribution in [0, 0.1) is 12.8 Å². The van der Waals surface area contributed by atoms with Gasteiger partial charge in [-0.25, -0.2) is 12.7 Å². The number of tetrazole rings is 1. The molecule has 31 heavy (non-hydrogen) atoms. The van der Waals surface area contributed by atoms with Crippen LogP contribution < -0.4 is 5.32 Å². The summed E-state index contributed by atoms with van der Waals surface area (Å²) in [4.78, 5) is 14.6. The van der Waals surface area contributed by atoms with E-state index in [1.807, 2.05) is 44.2 Å². The molecule has 2 aromatic carbocycles. The van der Waals surface area contributed by atoms with Crippen molar-refractivity contribution in [1.82, 2.24) is 24.5 Å². The summed E-state index contributed by atoms with van der Waals surface area (Å²) in [7, 11) is -0.703. The minimum Gasteiger partial charge on any atom is -0.324 e. The van der Waals surface area contributed by atoms with Crippen molar-refractivity contribution in [2.24, 2.45) is 5.92 Å². The second-order valence-electron chi connectivity index (χ2n) is 7.74. The van der Waals surface area contributed by atoms with E-state index in [-0.39, 0.29) is 16.7 Å². The zero-order valence-electron chi connectivity index (χ0n) is 18.1. The quantitative estimate of drug-likeness (QED) is 0.602. The predicted molar refractivity (Wildman–Crippen MR) is 118 cm³/mol. The van der Waals surface area contributed by atoms with Gasteiger partial charge < -0.3 is 5.32 Å². The number of aromatic nitrogens is 4. The fourth-order valence-corrected chi connectivity index (χ4v) is 3.96. The van der Waals surface area contributed by atoms with Gasteiger partial charge in [0, 0.05) is 25.3 Å². The molecule has 1 unspecified atom stereocenters. The summed E-state index contributed by atoms with van der Waals surface area (Å²) in [6, 6.07) is 13.3. The Morgan fingerprint density at radius 3 is 2.39 bits per heavy atom. The van der Waals surface area contributed by atoms with Crippen LogP contribution in [0.25, 0.3) is 11.4 Å². The summed E-state index contributed by atoms with van der Waals surface area (Å²) >= 11 is 0. The zero-order chi connectivity index (χ0) is 22.8. The number of benzene rings is 2. The molecule has 9 nitrogen and oxygen atoms in total. The molecule has 0 saturated carbocycles. The number of carbonyl (C=O) groups is 1. The number of rotatable bonds is 7. The molecule has 164 valence electrons. The largest absolute Gasteiger partial charge is 0.324 e. The van der Waals surface area contributed by atoms with Crippen molar-refractivity contribution in [1.29, 1.82) is 0 Å². The van der Waals surface area contributed by atoms with E-state index in [4.69, 9.17) is 0 Å². The van der Waals surface area contributed by atoms with Crippen LogP contribution in [0.2, 0.25) is 0 Å². The second kappa shape index (κ2) is 8.94. The molecule has 0 saturated heterocycles. The molecule has 3 aromatic rings. The lowest BCUT2D eigenvalue weighted by Gasteiger charge is -2.20. The Labute approximate surface area is 182 Å². The van der Waals surface area contributed by atoms with Gasteiger partial charge in [-0.1, -0.05) is 50.2 Å². The van der Waals surface area contributed by atoms with E-state index in [0.717, 1.165) is 15.4 Å². The van der Waals surface area contributed by atoms with Crippen LogP contribution >= 0.6 is 0 Å². The first-order chi connectivity index (χ1) is 14.6. The summed E-state index contributed by atoms with van der Waals surface area (Å²) in [6.07, 6.45) is 0. The summed E-state index contributed by atoms with van der Waals surface area (Å²) in [5.74, 6) is -0.0596. The molecular formula is C21H26N6O3S. The Kier molecular flexibility index (Phi) is 6.51. The molecule has 0 bridgehead atoms. The topological polar surface area (TPSA) is 110 Å². The second-order valence-corrected chi connectivity index (χ2v) is 9.89. The van der Waals surface area contributed by atoms with Gasteiger partial charge in [-0.2, -0.15) is 4.80 Å². The lowest BCUT2D eigenvalue weighted by atomic mass is 10.0. The first-order valence-corrected chi connectivity index (χ1v) is 11.2. The van der Waals surface area contributed by atoms with Crippen molar-refractivity contribution >= 4 is 21.6 Å². The van der Waals surface area contributed by atoms with Gasteiger partial charge in [-0.3, -0.25) is 4.79 Å². The van der Waals surface area contributed by atoms with E-state index in [1.54, 1.807) is 13.0 Å². The normalized spacial score (nSPS) is 12.9. The van der Waals surface area contributed by atoms with E-state index in [1.165, 1.54) is 31.0 Å². The molecule has 0 radical (unpaired) electrons. The maximum atomic E-state index is 13.1. The van der Waals surface area contributed by atoms with Crippen molar-refractivity contribution in [3.05, 3.63) is 54.1 Å². The van der Waals surface area contributed by atoms with E-state index in [9.17, 15) is 13.2 Å². The SMILES string of the molecule is Cc1ccc(S(=O)(=O)N(C)C)cc1NC(=O)C(C(C)C)n1nnc(-c2ccccc2)n1. The molecule has 0 aliphatic rings. The number of aryl methyl sites for hydroxylation is 1. The smallest absolute Gasteiger partial charge is 0.251 e. The lowest BCUT2D eigenvalue weighted by Crippen LogP contribution is -2.32. The highest BCUT2D eigenvalue weighted by atomic mass is 32.2. The Morgan fingerprint density at radius 2 is 1.77 bits per heavy atom. The molecule has 1 N–H and O–H groups in total. The molecule has 1 aromatic heterocycles. The number of hydrogen-bond donors (Lipinski definition) is 1. The zero-order valence-corrected chi connectivity index (χ0v) is 19.0. The van der Waals surface area contributed by atoms with Crippen molar-refractivity contribution in [3.63, 3.8) is 0 Å². The third-order valence-corrected chi connectivity index (χ3v) is 6.67. The number of nitrogens with zero attached hydrogens (tertiary/aromatic N) is 5. The van der Waals surface area contributed by atoms with Crippen LogP contribution in [0.15, 0.2) is 53.4 Å². The summed E-state index contributed by atoms with van der Waals surface area (Å²) < 4.78 is 26.1. The average Bonchev–Trinajstić information content (AvgIpc) is 3.19. The predicted octanol–water partition coefficient (Wildman–Crippen LogP) is 2.73. The maximum Gasteiger partial charge on any atom is 0.251 e. The monoisotopic (exact) mass is 442 g/mol. The molecule has 0 aliphatic carbocycles. The fourth-order valence-electron chi connectivity index (χ4n) is 3.03. The molecule has 1 atom stereocenters. The van der Waals surface area contributed by atoms with Crippen LogP contribution in [0.5, 0.6) is 0 Å². The van der Waals surface area contributed by atoms with Gasteiger partial charge in [-0.05, 0) is 35.8 Å². The molecular weight excluding hydrogens is 416 g/mol. The molecule has 0 fully saturated rings. The van der Waals surface area contributed by atoms with Crippen molar-refractivity contribution < 1.29 is 13.2 Å². The minimum absolute atomic E-state index is 0.102. The number of sulfonamides is 1. The fraction of sp³-hybridized carbons (Fsp3) is 0.333. The number of hydrogen-bond acceptors (Lipinski definition) is 6. The standard InChI is InChI=1S/C21H26N6O3S/c1-14(2)19(27-24-20(23-25-27)16-9-7-6-8-10-16)21(28)22-18-13-17(12-11-15(18)3)31(29,30)26(4)5/h6-14,19H,1-5H3,(H,22,28).